The van der Waals surface area contributed by atoms with Gasteiger partial charge in [-0.25, -0.2) is 0 Å². The summed E-state index contributed by atoms with van der Waals surface area (Å²) >= 11 is 0. The van der Waals surface area contributed by atoms with Gasteiger partial charge in [0.15, 0.2) is 11.5 Å². The molecular weight excluding hydrogens is 588 g/mol. The number of methoxy groups -OCH3 is 1. The van der Waals surface area contributed by atoms with E-state index in [1.807, 2.05) is 61.5 Å². The van der Waals surface area contributed by atoms with Gasteiger partial charge in [0, 0.05) is 23.0 Å². The highest BCUT2D eigenvalue weighted by atomic mass is 28.3. The van der Waals surface area contributed by atoms with Gasteiger partial charge in [0.25, 0.3) is 0 Å². The number of carbonyl (C=O) groups is 1. The van der Waals surface area contributed by atoms with E-state index in [0.29, 0.717) is 42.0 Å². The van der Waals surface area contributed by atoms with Crippen LogP contribution in [0.1, 0.15) is 69.2 Å². The molecule has 0 bridgehead atoms. The van der Waals surface area contributed by atoms with Crippen molar-refractivity contribution in [3.05, 3.63) is 76.9 Å². The summed E-state index contributed by atoms with van der Waals surface area (Å²) in [6, 6.07) is 17.3. The van der Waals surface area contributed by atoms with Gasteiger partial charge in [-0.2, -0.15) is 0 Å². The fourth-order valence-corrected chi connectivity index (χ4v) is 7.48. The lowest BCUT2D eigenvalue weighted by molar-refractivity contribution is -0.143. The first-order valence-electron chi connectivity index (χ1n) is 15.6. The number of fused-ring (bicyclic) bond motifs is 2. The maximum atomic E-state index is 13.5. The number of hydrogen-bond acceptors (Lipinski definition) is 7. The summed E-state index contributed by atoms with van der Waals surface area (Å²) in [6.07, 6.45) is 0.707. The third-order valence-electron chi connectivity index (χ3n) is 8.87. The molecule has 0 fully saturated rings. The summed E-state index contributed by atoms with van der Waals surface area (Å²) in [5, 5.41) is 11.1. The van der Waals surface area contributed by atoms with Crippen LogP contribution >= 0.6 is 0 Å². The standard InChI is InChI=1S/C36H45O8Si/c1-9-16-40-24-12-14-27-26(18-24)32(33(34(37)38)36(27,5)22-10-15-28-30(17-22)43-21-42-28)25-13-11-23(39-6)19-29(25)41-20-31(35(2,3)4)44-45(7)8/h10-15,17-19,31-33H,9,16,20-21H2,1-8H3,(H,37,38)/t31?,32-,33+,36+/m1/s1. The van der Waals surface area contributed by atoms with Crippen LogP contribution in [0.4, 0.5) is 0 Å². The molecule has 5 rings (SSSR count). The Hall–Kier alpha value is -3.69. The van der Waals surface area contributed by atoms with Crippen molar-refractivity contribution in [2.75, 3.05) is 27.1 Å². The second-order valence-corrected chi connectivity index (χ2v) is 15.3. The molecule has 0 aromatic heterocycles. The highest BCUT2D eigenvalue weighted by Crippen LogP contribution is 2.59. The Morgan fingerprint density at radius 2 is 1.73 bits per heavy atom. The van der Waals surface area contributed by atoms with Crippen molar-refractivity contribution in [1.82, 2.24) is 0 Å². The summed E-state index contributed by atoms with van der Waals surface area (Å²) < 4.78 is 35.9. The first-order chi connectivity index (χ1) is 21.4. The van der Waals surface area contributed by atoms with E-state index in [-0.39, 0.29) is 18.3 Å². The summed E-state index contributed by atoms with van der Waals surface area (Å²) in [5.74, 6) is 0.835. The van der Waals surface area contributed by atoms with Gasteiger partial charge in [0.05, 0.1) is 25.7 Å². The Bertz CT molecular complexity index is 1530. The lowest BCUT2D eigenvalue weighted by Crippen LogP contribution is -2.38. The predicted octanol–water partition coefficient (Wildman–Crippen LogP) is 7.43. The average molecular weight is 634 g/mol. The van der Waals surface area contributed by atoms with Gasteiger partial charge < -0.3 is 33.2 Å². The minimum atomic E-state index is -0.994. The summed E-state index contributed by atoms with van der Waals surface area (Å²) in [5.41, 5.74) is 2.35. The number of carboxylic acid groups (broad SMARTS) is 1. The van der Waals surface area contributed by atoms with Crippen LogP contribution in [0.25, 0.3) is 0 Å². The maximum Gasteiger partial charge on any atom is 0.308 e. The van der Waals surface area contributed by atoms with E-state index in [2.05, 4.69) is 40.8 Å². The SMILES string of the molecule is CCCOc1ccc2c(c1)[C@@H](c1ccc(OC)cc1OCC(O[Si](C)C)C(C)(C)C)[C@@H](C(=O)O)[C@@]2(C)c1ccc2c(c1)OCO2. The van der Waals surface area contributed by atoms with E-state index in [1.165, 1.54) is 0 Å². The molecule has 1 aliphatic heterocycles. The van der Waals surface area contributed by atoms with Crippen molar-refractivity contribution in [2.24, 2.45) is 11.3 Å². The average Bonchev–Trinajstić information content (AvgIpc) is 3.57. The summed E-state index contributed by atoms with van der Waals surface area (Å²) in [4.78, 5) is 13.5. The minimum absolute atomic E-state index is 0.139. The van der Waals surface area contributed by atoms with Crippen LogP contribution in [-0.4, -0.2) is 53.3 Å². The molecule has 4 atom stereocenters. The van der Waals surface area contributed by atoms with Crippen molar-refractivity contribution in [3.63, 3.8) is 0 Å². The van der Waals surface area contributed by atoms with E-state index in [9.17, 15) is 9.90 Å². The molecule has 8 nitrogen and oxygen atoms in total. The number of hydrogen-bond donors (Lipinski definition) is 1. The van der Waals surface area contributed by atoms with Crippen LogP contribution < -0.4 is 23.7 Å². The molecule has 3 aromatic carbocycles. The van der Waals surface area contributed by atoms with Crippen LogP contribution in [-0.2, 0) is 14.6 Å². The molecule has 1 N–H and O–H groups in total. The van der Waals surface area contributed by atoms with Crippen LogP contribution in [0.5, 0.6) is 28.7 Å². The first kappa shape index (κ1) is 32.7. The lowest BCUT2D eigenvalue weighted by atomic mass is 9.68. The Morgan fingerprint density at radius 3 is 2.40 bits per heavy atom. The molecule has 3 aromatic rings. The Morgan fingerprint density at radius 1 is 1.00 bits per heavy atom. The second kappa shape index (κ2) is 13.0. The Labute approximate surface area is 268 Å². The largest absolute Gasteiger partial charge is 0.497 e. The van der Waals surface area contributed by atoms with Crippen molar-refractivity contribution in [2.45, 2.75) is 71.6 Å². The van der Waals surface area contributed by atoms with E-state index in [1.54, 1.807) is 7.11 Å². The third-order valence-corrected chi connectivity index (χ3v) is 9.63. The van der Waals surface area contributed by atoms with Crippen molar-refractivity contribution >= 4 is 15.0 Å². The zero-order valence-corrected chi connectivity index (χ0v) is 28.6. The number of aliphatic carboxylic acids is 1. The van der Waals surface area contributed by atoms with E-state index < -0.39 is 32.3 Å². The second-order valence-electron chi connectivity index (χ2n) is 13.3. The molecule has 9 heteroatoms. The molecule has 1 unspecified atom stereocenters. The molecule has 2 aliphatic rings. The molecule has 0 saturated heterocycles. The molecule has 1 radical (unpaired) electrons. The number of carboxylic acids is 1. The van der Waals surface area contributed by atoms with Gasteiger partial charge in [-0.15, -0.1) is 0 Å². The fourth-order valence-electron chi connectivity index (χ4n) is 6.49. The molecule has 1 aliphatic carbocycles. The van der Waals surface area contributed by atoms with Crippen molar-refractivity contribution < 1.29 is 38.0 Å². The van der Waals surface area contributed by atoms with Crippen LogP contribution in [0.15, 0.2) is 54.6 Å². The molecule has 0 saturated carbocycles. The van der Waals surface area contributed by atoms with Crippen LogP contribution in [0.2, 0.25) is 13.1 Å². The maximum absolute atomic E-state index is 13.5. The van der Waals surface area contributed by atoms with Crippen molar-refractivity contribution in [1.29, 1.82) is 0 Å². The lowest BCUT2D eigenvalue weighted by Gasteiger charge is -2.34. The van der Waals surface area contributed by atoms with Gasteiger partial charge in [-0.3, -0.25) is 4.79 Å². The number of ether oxygens (including phenoxy) is 5. The molecule has 0 amide bonds. The number of benzene rings is 3. The smallest absolute Gasteiger partial charge is 0.308 e. The van der Waals surface area contributed by atoms with E-state index >= 15 is 0 Å². The molecule has 0 spiro atoms. The Balaban J connectivity index is 1.68. The molecule has 45 heavy (non-hydrogen) atoms. The van der Waals surface area contributed by atoms with Crippen LogP contribution in [0, 0.1) is 11.3 Å². The zero-order valence-electron chi connectivity index (χ0n) is 27.6. The third kappa shape index (κ3) is 6.38. The monoisotopic (exact) mass is 633 g/mol. The summed E-state index contributed by atoms with van der Waals surface area (Å²) in [6.45, 7) is 15.7. The topological polar surface area (TPSA) is 92.7 Å². The van der Waals surface area contributed by atoms with Gasteiger partial charge >= 0.3 is 5.97 Å². The highest BCUT2D eigenvalue weighted by Gasteiger charge is 2.55. The fraction of sp³-hybridized carbons (Fsp3) is 0.472. The zero-order chi connectivity index (χ0) is 32.5. The molecule has 1 heterocycles. The van der Waals surface area contributed by atoms with Gasteiger partial charge in [0.1, 0.15) is 23.9 Å². The summed E-state index contributed by atoms with van der Waals surface area (Å²) in [7, 11) is 0.619. The highest BCUT2D eigenvalue weighted by molar-refractivity contribution is 6.48. The minimum Gasteiger partial charge on any atom is -0.497 e. The van der Waals surface area contributed by atoms with Crippen LogP contribution in [0.3, 0.4) is 0 Å². The Kier molecular flexibility index (Phi) is 9.42. The first-order valence-corrected chi connectivity index (χ1v) is 18.0. The molecular formula is C36H45O8Si. The quantitative estimate of drug-likeness (QED) is 0.206. The van der Waals surface area contributed by atoms with Gasteiger partial charge in [-0.05, 0) is 72.0 Å². The normalized spacial score (nSPS) is 21.0. The number of rotatable bonds is 12. The van der Waals surface area contributed by atoms with Crippen molar-refractivity contribution in [3.8, 4) is 28.7 Å². The van der Waals surface area contributed by atoms with Gasteiger partial charge in [-0.1, -0.05) is 52.8 Å². The van der Waals surface area contributed by atoms with E-state index in [4.69, 9.17) is 28.1 Å². The van der Waals surface area contributed by atoms with Gasteiger partial charge in [0.2, 0.25) is 15.8 Å². The predicted molar refractivity (Wildman–Crippen MR) is 175 cm³/mol. The molecule has 241 valence electrons. The van der Waals surface area contributed by atoms with E-state index in [0.717, 1.165) is 28.7 Å².